The van der Waals surface area contributed by atoms with Gasteiger partial charge in [0.15, 0.2) is 5.69 Å². The van der Waals surface area contributed by atoms with Crippen LogP contribution < -0.4 is 5.32 Å². The third-order valence-corrected chi connectivity index (χ3v) is 4.17. The Kier molecular flexibility index (Phi) is 5.52. The van der Waals surface area contributed by atoms with Crippen LogP contribution in [0.4, 0.5) is 0 Å². The van der Waals surface area contributed by atoms with Gasteiger partial charge in [-0.2, -0.15) is 0 Å². The summed E-state index contributed by atoms with van der Waals surface area (Å²) in [5.74, 6) is -0.265. The second kappa shape index (κ2) is 7.38. The summed E-state index contributed by atoms with van der Waals surface area (Å²) >= 11 is 0. The van der Waals surface area contributed by atoms with Crippen LogP contribution in [0.15, 0.2) is 6.20 Å². The normalized spacial score (nSPS) is 18.6. The van der Waals surface area contributed by atoms with Crippen molar-refractivity contribution in [1.82, 2.24) is 20.3 Å². The lowest BCUT2D eigenvalue weighted by Gasteiger charge is -2.23. The summed E-state index contributed by atoms with van der Waals surface area (Å²) in [6, 6.07) is 0.510. The molecule has 0 saturated heterocycles. The molecule has 1 saturated carbocycles. The van der Waals surface area contributed by atoms with Crippen molar-refractivity contribution in [2.45, 2.75) is 58.0 Å². The van der Waals surface area contributed by atoms with Crippen LogP contribution in [0.1, 0.15) is 55.9 Å². The zero-order chi connectivity index (χ0) is 14.4. The molecule has 1 fully saturated rings. The Morgan fingerprint density at radius 3 is 2.75 bits per heavy atom. The summed E-state index contributed by atoms with van der Waals surface area (Å²) in [5, 5.41) is 19.7. The number of hydrogen-bond donors (Lipinski definition) is 2. The first kappa shape index (κ1) is 15.0. The highest BCUT2D eigenvalue weighted by Crippen LogP contribution is 2.25. The molecule has 1 heterocycles. The minimum atomic E-state index is -1.03. The molecule has 2 rings (SSSR count). The number of hydrogen-bond acceptors (Lipinski definition) is 4. The minimum Gasteiger partial charge on any atom is -0.476 e. The first-order chi connectivity index (χ1) is 9.66. The third-order valence-electron chi connectivity index (χ3n) is 4.17. The van der Waals surface area contributed by atoms with Gasteiger partial charge in [0.1, 0.15) is 0 Å². The van der Waals surface area contributed by atoms with Crippen molar-refractivity contribution in [2.24, 2.45) is 5.92 Å². The van der Waals surface area contributed by atoms with Crippen molar-refractivity contribution in [3.63, 3.8) is 0 Å². The summed E-state index contributed by atoms with van der Waals surface area (Å²) < 4.78 is 1.58. The highest BCUT2D eigenvalue weighted by molar-refractivity contribution is 5.84. The van der Waals surface area contributed by atoms with E-state index in [0.29, 0.717) is 12.6 Å². The first-order valence-corrected chi connectivity index (χ1v) is 7.53. The Morgan fingerprint density at radius 2 is 2.15 bits per heavy atom. The molecule has 2 N–H and O–H groups in total. The van der Waals surface area contributed by atoms with Crippen LogP contribution in [0.5, 0.6) is 0 Å². The lowest BCUT2D eigenvalue weighted by atomic mass is 9.93. The van der Waals surface area contributed by atoms with Crippen molar-refractivity contribution in [2.75, 3.05) is 6.54 Å². The van der Waals surface area contributed by atoms with E-state index in [1.807, 2.05) is 0 Å². The molecule has 0 unspecified atom stereocenters. The van der Waals surface area contributed by atoms with E-state index in [4.69, 9.17) is 5.11 Å². The monoisotopic (exact) mass is 280 g/mol. The van der Waals surface area contributed by atoms with Crippen molar-refractivity contribution >= 4 is 5.97 Å². The fraction of sp³-hybridized carbons (Fsp3) is 0.786. The highest BCUT2D eigenvalue weighted by Gasteiger charge is 2.18. The van der Waals surface area contributed by atoms with E-state index >= 15 is 0 Å². The predicted octanol–water partition coefficient (Wildman–Crippen LogP) is 1.92. The van der Waals surface area contributed by atoms with Gasteiger partial charge in [-0.05, 0) is 25.7 Å². The smallest absolute Gasteiger partial charge is 0.358 e. The molecule has 6 nitrogen and oxygen atoms in total. The van der Waals surface area contributed by atoms with Crippen LogP contribution >= 0.6 is 0 Å². The van der Waals surface area contributed by atoms with Crippen LogP contribution in [0.3, 0.4) is 0 Å². The molecule has 1 aromatic heterocycles. The molecular formula is C14H24N4O2. The van der Waals surface area contributed by atoms with E-state index in [1.54, 1.807) is 4.68 Å². The Morgan fingerprint density at radius 1 is 1.45 bits per heavy atom. The maximum Gasteiger partial charge on any atom is 0.358 e. The Balaban J connectivity index is 1.72. The number of rotatable bonds is 6. The van der Waals surface area contributed by atoms with Gasteiger partial charge in [-0.25, -0.2) is 4.79 Å². The molecule has 0 aromatic carbocycles. The van der Waals surface area contributed by atoms with Gasteiger partial charge in [-0.3, -0.25) is 4.68 Å². The molecule has 112 valence electrons. The maximum atomic E-state index is 10.7. The lowest BCUT2D eigenvalue weighted by molar-refractivity contribution is 0.0690. The van der Waals surface area contributed by atoms with Gasteiger partial charge in [-0.15, -0.1) is 5.10 Å². The molecule has 0 radical (unpaired) electrons. The van der Waals surface area contributed by atoms with Crippen molar-refractivity contribution in [3.05, 3.63) is 11.9 Å². The molecule has 1 aromatic rings. The van der Waals surface area contributed by atoms with E-state index in [2.05, 4.69) is 22.6 Å². The number of carbonyl (C=O) groups is 1. The SMILES string of the molecule is C[C@H](NCCn1cc(C(=O)O)nn1)C1CCCCCC1. The topological polar surface area (TPSA) is 80.0 Å². The van der Waals surface area contributed by atoms with Crippen molar-refractivity contribution < 1.29 is 9.90 Å². The van der Waals surface area contributed by atoms with Gasteiger partial charge in [0.05, 0.1) is 12.7 Å². The largest absolute Gasteiger partial charge is 0.476 e. The van der Waals surface area contributed by atoms with Gasteiger partial charge >= 0.3 is 5.97 Å². The molecule has 6 heteroatoms. The summed E-state index contributed by atoms with van der Waals surface area (Å²) in [6.07, 6.45) is 9.56. The number of aromatic carboxylic acids is 1. The van der Waals surface area contributed by atoms with Crippen LogP contribution in [0.2, 0.25) is 0 Å². The number of nitrogens with one attached hydrogen (secondary N) is 1. The lowest BCUT2D eigenvalue weighted by Crippen LogP contribution is -2.35. The number of carboxylic acid groups (broad SMARTS) is 1. The summed E-state index contributed by atoms with van der Waals surface area (Å²) in [7, 11) is 0. The molecule has 1 aliphatic rings. The van der Waals surface area contributed by atoms with Crippen LogP contribution in [0.25, 0.3) is 0 Å². The van der Waals surface area contributed by atoms with E-state index in [9.17, 15) is 4.79 Å². The molecule has 0 bridgehead atoms. The van der Waals surface area contributed by atoms with Crippen molar-refractivity contribution in [1.29, 1.82) is 0 Å². The third kappa shape index (κ3) is 4.30. The fourth-order valence-corrected chi connectivity index (χ4v) is 2.89. The van der Waals surface area contributed by atoms with Gasteiger partial charge in [0, 0.05) is 12.6 Å². The second-order valence-corrected chi connectivity index (χ2v) is 5.67. The molecule has 0 amide bonds. The van der Waals surface area contributed by atoms with E-state index in [1.165, 1.54) is 44.7 Å². The van der Waals surface area contributed by atoms with Crippen LogP contribution in [-0.4, -0.2) is 38.7 Å². The summed E-state index contributed by atoms with van der Waals surface area (Å²) in [4.78, 5) is 10.7. The summed E-state index contributed by atoms with van der Waals surface area (Å²) in [6.45, 7) is 3.69. The molecule has 0 spiro atoms. The molecule has 1 aliphatic carbocycles. The quantitative estimate of drug-likeness (QED) is 0.778. The fourth-order valence-electron chi connectivity index (χ4n) is 2.89. The van der Waals surface area contributed by atoms with E-state index in [0.717, 1.165) is 12.5 Å². The predicted molar refractivity (Wildman–Crippen MR) is 75.6 cm³/mol. The Labute approximate surface area is 119 Å². The minimum absolute atomic E-state index is 0.00168. The van der Waals surface area contributed by atoms with Gasteiger partial charge in [0.2, 0.25) is 0 Å². The molecular weight excluding hydrogens is 256 g/mol. The zero-order valence-corrected chi connectivity index (χ0v) is 12.1. The molecule has 20 heavy (non-hydrogen) atoms. The van der Waals surface area contributed by atoms with Crippen molar-refractivity contribution in [3.8, 4) is 0 Å². The Hall–Kier alpha value is -1.43. The maximum absolute atomic E-state index is 10.7. The highest BCUT2D eigenvalue weighted by atomic mass is 16.4. The first-order valence-electron chi connectivity index (χ1n) is 7.53. The van der Waals surface area contributed by atoms with Gasteiger partial charge in [0.25, 0.3) is 0 Å². The summed E-state index contributed by atoms with van der Waals surface area (Å²) in [5.41, 5.74) is 0.00168. The average molecular weight is 280 g/mol. The number of carboxylic acids is 1. The zero-order valence-electron chi connectivity index (χ0n) is 12.1. The molecule has 1 atom stereocenters. The van der Waals surface area contributed by atoms with Gasteiger partial charge in [-0.1, -0.05) is 30.9 Å². The Bertz CT molecular complexity index is 425. The van der Waals surface area contributed by atoms with Crippen LogP contribution in [0, 0.1) is 5.92 Å². The number of nitrogens with zero attached hydrogens (tertiary/aromatic N) is 3. The van der Waals surface area contributed by atoms with E-state index in [-0.39, 0.29) is 5.69 Å². The van der Waals surface area contributed by atoms with Gasteiger partial charge < -0.3 is 10.4 Å². The number of aromatic nitrogens is 3. The second-order valence-electron chi connectivity index (χ2n) is 5.67. The van der Waals surface area contributed by atoms with Crippen LogP contribution in [-0.2, 0) is 6.54 Å². The standard InChI is InChI=1S/C14H24N4O2/c1-11(12-6-4-2-3-5-7-12)15-8-9-18-10-13(14(19)20)16-17-18/h10-12,15H,2-9H2,1H3,(H,19,20)/t11-/m0/s1. The molecule has 0 aliphatic heterocycles. The van der Waals surface area contributed by atoms with E-state index < -0.39 is 5.97 Å². The average Bonchev–Trinajstić information content (AvgIpc) is 2.73.